The molecule has 0 aromatic heterocycles. The SMILES string of the molecule is C[C@]12CCC3[C@@H](CC[C@@H]4C[C@@H](C(F)(F)F)CC[C@H]34)C1CCC2CCO. The van der Waals surface area contributed by atoms with E-state index in [1.54, 1.807) is 0 Å². The summed E-state index contributed by atoms with van der Waals surface area (Å²) in [6, 6.07) is 0. The van der Waals surface area contributed by atoms with Crippen LogP contribution < -0.4 is 0 Å². The molecule has 0 bridgehead atoms. The molecule has 0 spiro atoms. The second-order valence-corrected chi connectivity index (χ2v) is 9.82. The van der Waals surface area contributed by atoms with Crippen molar-refractivity contribution in [2.75, 3.05) is 6.61 Å². The van der Waals surface area contributed by atoms with Crippen LogP contribution in [0.3, 0.4) is 0 Å². The zero-order valence-electron chi connectivity index (χ0n) is 15.4. The van der Waals surface area contributed by atoms with Crippen molar-refractivity contribution in [3.63, 3.8) is 0 Å². The summed E-state index contributed by atoms with van der Waals surface area (Å²) in [5, 5.41) is 9.42. The number of hydrogen-bond donors (Lipinski definition) is 1. The van der Waals surface area contributed by atoms with E-state index in [4.69, 9.17) is 0 Å². The lowest BCUT2D eigenvalue weighted by Crippen LogP contribution is -2.49. The molecule has 0 radical (unpaired) electrons. The maximum Gasteiger partial charge on any atom is 0.391 e. The number of aliphatic hydroxyl groups excluding tert-OH is 1. The molecule has 4 saturated carbocycles. The van der Waals surface area contributed by atoms with Crippen LogP contribution in [-0.2, 0) is 0 Å². The molecule has 1 N–H and O–H groups in total. The van der Waals surface area contributed by atoms with Crippen molar-refractivity contribution < 1.29 is 18.3 Å². The molecule has 0 aromatic carbocycles. The molecule has 4 aliphatic carbocycles. The number of fused-ring (bicyclic) bond motifs is 5. The summed E-state index contributed by atoms with van der Waals surface area (Å²) in [5.74, 6) is 2.66. The van der Waals surface area contributed by atoms with E-state index in [1.165, 1.54) is 25.7 Å². The topological polar surface area (TPSA) is 20.2 Å². The zero-order chi connectivity index (χ0) is 17.8. The van der Waals surface area contributed by atoms with Crippen molar-refractivity contribution in [1.82, 2.24) is 0 Å². The van der Waals surface area contributed by atoms with Crippen LogP contribution >= 0.6 is 0 Å². The summed E-state index contributed by atoms with van der Waals surface area (Å²) in [5.41, 5.74) is 0.375. The van der Waals surface area contributed by atoms with Crippen LogP contribution in [0.2, 0.25) is 0 Å². The fourth-order valence-electron chi connectivity index (χ4n) is 7.89. The monoisotopic (exact) mass is 358 g/mol. The first kappa shape index (κ1) is 18.1. The molecule has 144 valence electrons. The number of halogens is 3. The van der Waals surface area contributed by atoms with Gasteiger partial charge in [-0.2, -0.15) is 13.2 Å². The average Bonchev–Trinajstić information content (AvgIpc) is 2.90. The number of hydrogen-bond acceptors (Lipinski definition) is 1. The molecule has 4 fully saturated rings. The van der Waals surface area contributed by atoms with Gasteiger partial charge in [0.25, 0.3) is 0 Å². The number of aliphatic hydroxyl groups is 1. The third-order valence-electron chi connectivity index (χ3n) is 9.09. The van der Waals surface area contributed by atoms with E-state index in [2.05, 4.69) is 6.92 Å². The third-order valence-corrected chi connectivity index (χ3v) is 9.09. The summed E-state index contributed by atoms with van der Waals surface area (Å²) in [7, 11) is 0. The van der Waals surface area contributed by atoms with Gasteiger partial charge in [0.15, 0.2) is 0 Å². The van der Waals surface area contributed by atoms with Gasteiger partial charge < -0.3 is 5.11 Å². The van der Waals surface area contributed by atoms with Crippen LogP contribution in [0, 0.1) is 46.8 Å². The van der Waals surface area contributed by atoms with Gasteiger partial charge >= 0.3 is 6.18 Å². The van der Waals surface area contributed by atoms with Crippen molar-refractivity contribution in [2.24, 2.45) is 46.8 Å². The van der Waals surface area contributed by atoms with Crippen LogP contribution in [0.4, 0.5) is 13.2 Å². The Balaban J connectivity index is 1.48. The van der Waals surface area contributed by atoms with Crippen LogP contribution in [0.15, 0.2) is 0 Å². The second kappa shape index (κ2) is 6.42. The van der Waals surface area contributed by atoms with Gasteiger partial charge in [-0.15, -0.1) is 0 Å². The van der Waals surface area contributed by atoms with Gasteiger partial charge in [0.05, 0.1) is 5.92 Å². The van der Waals surface area contributed by atoms with Crippen molar-refractivity contribution in [3.05, 3.63) is 0 Å². The van der Waals surface area contributed by atoms with Crippen LogP contribution in [0.5, 0.6) is 0 Å². The standard InChI is InChI=1S/C21H33F3O/c1-20-10-8-17-16-6-3-15(21(22,23)24)12-13(16)2-5-18(17)19(20)7-4-14(20)9-11-25/h13-19,25H,2-12H2,1H3/t13-,14?,15+,16+,17?,18-,19?,20-/m1/s1. The summed E-state index contributed by atoms with van der Waals surface area (Å²) in [4.78, 5) is 0. The number of rotatable bonds is 2. The van der Waals surface area contributed by atoms with Gasteiger partial charge in [-0.05, 0) is 105 Å². The number of alkyl halides is 3. The Bertz CT molecular complexity index is 490. The highest BCUT2D eigenvalue weighted by atomic mass is 19.4. The Morgan fingerprint density at radius 1 is 0.920 bits per heavy atom. The molecule has 25 heavy (non-hydrogen) atoms. The van der Waals surface area contributed by atoms with E-state index in [0.717, 1.165) is 37.5 Å². The minimum absolute atomic E-state index is 0.296. The van der Waals surface area contributed by atoms with Gasteiger partial charge in [-0.3, -0.25) is 0 Å². The summed E-state index contributed by atoms with van der Waals surface area (Å²) in [6.45, 7) is 2.75. The summed E-state index contributed by atoms with van der Waals surface area (Å²) in [6.07, 6.45) is 5.67. The van der Waals surface area contributed by atoms with Gasteiger partial charge in [0.1, 0.15) is 0 Å². The Kier molecular flexibility index (Phi) is 4.66. The van der Waals surface area contributed by atoms with Crippen molar-refractivity contribution in [1.29, 1.82) is 0 Å². The molecular formula is C21H33F3O. The molecule has 4 aliphatic rings. The lowest BCUT2D eigenvalue weighted by atomic mass is 9.49. The average molecular weight is 358 g/mol. The predicted molar refractivity (Wildman–Crippen MR) is 91.8 cm³/mol. The molecule has 0 aromatic rings. The minimum atomic E-state index is -3.99. The van der Waals surface area contributed by atoms with Gasteiger partial charge in [-0.25, -0.2) is 0 Å². The lowest BCUT2D eigenvalue weighted by Gasteiger charge is -2.56. The zero-order valence-corrected chi connectivity index (χ0v) is 15.4. The molecule has 3 unspecified atom stereocenters. The molecule has 4 rings (SSSR count). The van der Waals surface area contributed by atoms with E-state index in [1.807, 2.05) is 0 Å². The Morgan fingerprint density at radius 2 is 1.68 bits per heavy atom. The van der Waals surface area contributed by atoms with Crippen LogP contribution in [0.1, 0.15) is 71.1 Å². The van der Waals surface area contributed by atoms with E-state index >= 15 is 0 Å². The Hall–Kier alpha value is -0.250. The molecule has 8 atom stereocenters. The molecule has 4 heteroatoms. The molecule has 0 heterocycles. The lowest BCUT2D eigenvalue weighted by molar-refractivity contribution is -0.196. The smallest absolute Gasteiger partial charge is 0.391 e. The molecule has 0 saturated heterocycles. The highest BCUT2D eigenvalue weighted by Gasteiger charge is 2.57. The highest BCUT2D eigenvalue weighted by Crippen LogP contribution is 2.65. The molecule has 0 aliphatic heterocycles. The van der Waals surface area contributed by atoms with Gasteiger partial charge in [-0.1, -0.05) is 6.92 Å². The van der Waals surface area contributed by atoms with Crippen LogP contribution in [-0.4, -0.2) is 17.9 Å². The summed E-state index contributed by atoms with van der Waals surface area (Å²) < 4.78 is 39.5. The van der Waals surface area contributed by atoms with Gasteiger partial charge in [0.2, 0.25) is 0 Å². The first-order valence-corrected chi connectivity index (χ1v) is 10.5. The largest absolute Gasteiger partial charge is 0.396 e. The molecule has 1 nitrogen and oxygen atoms in total. The van der Waals surface area contributed by atoms with E-state index in [-0.39, 0.29) is 0 Å². The minimum Gasteiger partial charge on any atom is -0.396 e. The Labute approximate surface area is 149 Å². The molecular weight excluding hydrogens is 325 g/mol. The fraction of sp³-hybridized carbons (Fsp3) is 1.00. The van der Waals surface area contributed by atoms with Crippen molar-refractivity contribution in [3.8, 4) is 0 Å². The molecule has 0 amide bonds. The first-order chi connectivity index (χ1) is 11.8. The Morgan fingerprint density at radius 3 is 2.40 bits per heavy atom. The van der Waals surface area contributed by atoms with E-state index in [9.17, 15) is 18.3 Å². The van der Waals surface area contributed by atoms with Gasteiger partial charge in [0, 0.05) is 6.61 Å². The summed E-state index contributed by atoms with van der Waals surface area (Å²) >= 11 is 0. The predicted octanol–water partition coefficient (Wildman–Crippen LogP) is 5.82. The highest BCUT2D eigenvalue weighted by molar-refractivity contribution is 5.06. The van der Waals surface area contributed by atoms with Crippen LogP contribution in [0.25, 0.3) is 0 Å². The van der Waals surface area contributed by atoms with Crippen molar-refractivity contribution >= 4 is 0 Å². The maximum absolute atomic E-state index is 13.2. The second-order valence-electron chi connectivity index (χ2n) is 9.82. The first-order valence-electron chi connectivity index (χ1n) is 10.5. The van der Waals surface area contributed by atoms with E-state index < -0.39 is 12.1 Å². The fourth-order valence-corrected chi connectivity index (χ4v) is 7.89. The third kappa shape index (κ3) is 2.95. The quantitative estimate of drug-likeness (QED) is 0.660. The van der Waals surface area contributed by atoms with E-state index in [0.29, 0.717) is 48.5 Å². The van der Waals surface area contributed by atoms with Crippen molar-refractivity contribution in [2.45, 2.75) is 77.3 Å². The maximum atomic E-state index is 13.2. The normalized spacial score (nSPS) is 50.0.